The van der Waals surface area contributed by atoms with Crippen LogP contribution in [0.2, 0.25) is 0 Å². The number of hydrogen-bond acceptors (Lipinski definition) is 4. The lowest BCUT2D eigenvalue weighted by molar-refractivity contribution is -0.118. The van der Waals surface area contributed by atoms with Gasteiger partial charge >= 0.3 is 0 Å². The Morgan fingerprint density at radius 2 is 1.96 bits per heavy atom. The van der Waals surface area contributed by atoms with Gasteiger partial charge in [-0.15, -0.1) is 11.8 Å². The van der Waals surface area contributed by atoms with E-state index in [0.29, 0.717) is 11.4 Å². The van der Waals surface area contributed by atoms with Crippen LogP contribution in [0.3, 0.4) is 0 Å². The lowest BCUT2D eigenvalue weighted by atomic mass is 10.2. The monoisotopic (exact) mass is 348 g/mol. The third-order valence-corrected chi connectivity index (χ3v) is 5.95. The number of rotatable bonds is 4. The molecular formula is C16H16N2O3S2. The lowest BCUT2D eigenvalue weighted by Gasteiger charge is -2.13. The van der Waals surface area contributed by atoms with Gasteiger partial charge in [0.05, 0.1) is 10.6 Å². The molecule has 0 aliphatic carbocycles. The number of thioether (sulfide) groups is 1. The van der Waals surface area contributed by atoms with E-state index in [0.717, 1.165) is 11.1 Å². The summed E-state index contributed by atoms with van der Waals surface area (Å²) in [4.78, 5) is 11.5. The maximum atomic E-state index is 12.5. The molecule has 2 aromatic rings. The van der Waals surface area contributed by atoms with E-state index in [4.69, 9.17) is 0 Å². The zero-order valence-electron chi connectivity index (χ0n) is 12.4. The van der Waals surface area contributed by atoms with E-state index in [1.807, 2.05) is 19.1 Å². The first-order valence-electron chi connectivity index (χ1n) is 7.04. The van der Waals surface area contributed by atoms with E-state index in [-0.39, 0.29) is 16.2 Å². The summed E-state index contributed by atoms with van der Waals surface area (Å²) in [5.41, 5.74) is 2.22. The minimum absolute atomic E-state index is 0.00857. The summed E-state index contributed by atoms with van der Waals surface area (Å²) in [7, 11) is -3.63. The summed E-state index contributed by atoms with van der Waals surface area (Å²) < 4.78 is 27.5. The molecule has 2 aromatic carbocycles. The Morgan fingerprint density at radius 1 is 1.17 bits per heavy atom. The van der Waals surface area contributed by atoms with E-state index in [1.54, 1.807) is 36.4 Å². The van der Waals surface area contributed by atoms with Gasteiger partial charge in [0.2, 0.25) is 5.91 Å². The Bertz CT molecular complexity index is 850. The number of aryl methyl sites for hydroxylation is 1. The second kappa shape index (κ2) is 6.25. The van der Waals surface area contributed by atoms with Gasteiger partial charge in [-0.25, -0.2) is 8.42 Å². The fourth-order valence-corrected chi connectivity index (χ4v) is 4.44. The Kier molecular flexibility index (Phi) is 4.32. The normalized spacial score (nSPS) is 17.8. The molecule has 0 radical (unpaired) electrons. The third-order valence-electron chi connectivity index (χ3n) is 3.41. The molecule has 0 unspecified atom stereocenters. The average Bonchev–Trinajstić information content (AvgIpc) is 2.94. The average molecular weight is 348 g/mol. The van der Waals surface area contributed by atoms with Gasteiger partial charge in [-0.2, -0.15) is 0 Å². The Balaban J connectivity index is 1.84. The van der Waals surface area contributed by atoms with Gasteiger partial charge in [-0.05, 0) is 42.3 Å². The summed E-state index contributed by atoms with van der Waals surface area (Å²) in [6, 6.07) is 13.8. The standard InChI is InChI=1S/C16H16N2O3S2/c1-11-4-2-7-14(8-11)23(20,21)18-13-6-3-5-12(9-13)16-17-15(19)10-22-16/h2-9,16,18H,10H2,1H3,(H,17,19)/t16-/m1/s1. The van der Waals surface area contributed by atoms with Crippen molar-refractivity contribution in [1.82, 2.24) is 5.32 Å². The van der Waals surface area contributed by atoms with E-state index >= 15 is 0 Å². The Labute approximate surface area is 139 Å². The zero-order valence-corrected chi connectivity index (χ0v) is 14.1. The van der Waals surface area contributed by atoms with Gasteiger partial charge in [-0.1, -0.05) is 24.3 Å². The smallest absolute Gasteiger partial charge is 0.261 e. The van der Waals surface area contributed by atoms with Crippen LogP contribution in [0.1, 0.15) is 16.5 Å². The molecule has 1 atom stereocenters. The highest BCUT2D eigenvalue weighted by molar-refractivity contribution is 8.00. The van der Waals surface area contributed by atoms with E-state index < -0.39 is 10.0 Å². The highest BCUT2D eigenvalue weighted by Crippen LogP contribution is 2.32. The zero-order chi connectivity index (χ0) is 16.4. The summed E-state index contributed by atoms with van der Waals surface area (Å²) in [6.45, 7) is 1.85. The van der Waals surface area contributed by atoms with Crippen LogP contribution in [0, 0.1) is 6.92 Å². The van der Waals surface area contributed by atoms with Gasteiger partial charge in [0, 0.05) is 5.69 Å². The van der Waals surface area contributed by atoms with E-state index in [1.165, 1.54) is 11.8 Å². The van der Waals surface area contributed by atoms with Gasteiger partial charge in [0.1, 0.15) is 5.37 Å². The first-order chi connectivity index (χ1) is 10.9. The lowest BCUT2D eigenvalue weighted by Crippen LogP contribution is -2.19. The first-order valence-corrected chi connectivity index (χ1v) is 9.58. The maximum absolute atomic E-state index is 12.5. The first kappa shape index (κ1) is 15.9. The Hall–Kier alpha value is -1.99. The van der Waals surface area contributed by atoms with Gasteiger partial charge < -0.3 is 5.32 Å². The van der Waals surface area contributed by atoms with Crippen molar-refractivity contribution in [3.8, 4) is 0 Å². The molecule has 0 spiro atoms. The molecule has 5 nitrogen and oxygen atoms in total. The molecule has 1 fully saturated rings. The molecule has 23 heavy (non-hydrogen) atoms. The van der Waals surface area contributed by atoms with Gasteiger partial charge in [0.25, 0.3) is 10.0 Å². The molecule has 1 aliphatic rings. The number of benzene rings is 2. The van der Waals surface area contributed by atoms with Crippen LogP contribution in [0.25, 0.3) is 0 Å². The second-order valence-electron chi connectivity index (χ2n) is 5.31. The Morgan fingerprint density at radius 3 is 2.65 bits per heavy atom. The maximum Gasteiger partial charge on any atom is 0.261 e. The molecule has 1 amide bonds. The van der Waals surface area contributed by atoms with Crippen LogP contribution in [-0.2, 0) is 14.8 Å². The minimum Gasteiger partial charge on any atom is -0.339 e. The molecule has 2 N–H and O–H groups in total. The SMILES string of the molecule is Cc1cccc(S(=O)(=O)Nc2cccc([C@@H]3NC(=O)CS3)c2)c1. The second-order valence-corrected chi connectivity index (χ2v) is 8.08. The fourth-order valence-electron chi connectivity index (χ4n) is 2.33. The largest absolute Gasteiger partial charge is 0.339 e. The van der Waals surface area contributed by atoms with Gasteiger partial charge in [-0.3, -0.25) is 9.52 Å². The van der Waals surface area contributed by atoms with Crippen molar-refractivity contribution < 1.29 is 13.2 Å². The summed E-state index contributed by atoms with van der Waals surface area (Å²) in [5.74, 6) is 0.412. The van der Waals surface area contributed by atoms with Crippen LogP contribution in [-0.4, -0.2) is 20.1 Å². The molecule has 7 heteroatoms. The minimum atomic E-state index is -3.63. The summed E-state index contributed by atoms with van der Waals surface area (Å²) in [6.07, 6.45) is 0. The van der Waals surface area contributed by atoms with Gasteiger partial charge in [0.15, 0.2) is 0 Å². The molecular weight excluding hydrogens is 332 g/mol. The van der Waals surface area contributed by atoms with Crippen LogP contribution in [0.15, 0.2) is 53.4 Å². The molecule has 3 rings (SSSR count). The van der Waals surface area contributed by atoms with Crippen LogP contribution in [0.4, 0.5) is 5.69 Å². The van der Waals surface area contributed by atoms with Crippen molar-refractivity contribution in [3.05, 3.63) is 59.7 Å². The van der Waals surface area contributed by atoms with Crippen molar-refractivity contribution in [2.45, 2.75) is 17.2 Å². The summed E-state index contributed by atoms with van der Waals surface area (Å²) >= 11 is 1.49. The predicted octanol–water partition coefficient (Wildman–Crippen LogP) is 2.66. The number of hydrogen-bond donors (Lipinski definition) is 2. The highest BCUT2D eigenvalue weighted by atomic mass is 32.2. The van der Waals surface area contributed by atoms with Crippen molar-refractivity contribution in [3.63, 3.8) is 0 Å². The molecule has 0 bridgehead atoms. The quantitative estimate of drug-likeness (QED) is 0.891. The summed E-state index contributed by atoms with van der Waals surface area (Å²) in [5, 5.41) is 2.71. The van der Waals surface area contributed by atoms with Crippen molar-refractivity contribution in [2.75, 3.05) is 10.5 Å². The van der Waals surface area contributed by atoms with Crippen molar-refractivity contribution >= 4 is 33.4 Å². The molecule has 120 valence electrons. The van der Waals surface area contributed by atoms with E-state index in [9.17, 15) is 13.2 Å². The molecule has 0 saturated carbocycles. The van der Waals surface area contributed by atoms with E-state index in [2.05, 4.69) is 10.0 Å². The van der Waals surface area contributed by atoms with Crippen LogP contribution >= 0.6 is 11.8 Å². The topological polar surface area (TPSA) is 75.3 Å². The molecule has 1 aliphatic heterocycles. The molecule has 1 heterocycles. The number of amides is 1. The predicted molar refractivity (Wildman–Crippen MR) is 91.8 cm³/mol. The number of carbonyl (C=O) groups excluding carboxylic acids is 1. The highest BCUT2D eigenvalue weighted by Gasteiger charge is 2.23. The van der Waals surface area contributed by atoms with Crippen molar-refractivity contribution in [1.29, 1.82) is 0 Å². The van der Waals surface area contributed by atoms with Crippen LogP contribution < -0.4 is 10.0 Å². The third kappa shape index (κ3) is 3.68. The van der Waals surface area contributed by atoms with Crippen molar-refractivity contribution in [2.24, 2.45) is 0 Å². The number of anilines is 1. The molecule has 1 saturated heterocycles. The fraction of sp³-hybridized carbons (Fsp3) is 0.188. The molecule has 0 aromatic heterocycles. The van der Waals surface area contributed by atoms with Crippen LogP contribution in [0.5, 0.6) is 0 Å². The number of nitrogens with one attached hydrogen (secondary N) is 2. The number of carbonyl (C=O) groups is 1. The number of sulfonamides is 1.